The van der Waals surface area contributed by atoms with E-state index in [2.05, 4.69) is 17.1 Å². The third-order valence-electron chi connectivity index (χ3n) is 5.83. The van der Waals surface area contributed by atoms with Crippen molar-refractivity contribution in [3.8, 4) is 5.88 Å². The summed E-state index contributed by atoms with van der Waals surface area (Å²) >= 11 is 1.74. The average Bonchev–Trinajstić information content (AvgIpc) is 3.20. The van der Waals surface area contributed by atoms with Crippen LogP contribution in [0.2, 0.25) is 0 Å². The van der Waals surface area contributed by atoms with Gasteiger partial charge in [-0.05, 0) is 30.4 Å². The molecule has 0 unspecified atom stereocenters. The molecular formula is C27H34N2O10S. The molecule has 2 aromatic rings. The van der Waals surface area contributed by atoms with Crippen molar-refractivity contribution in [3.05, 3.63) is 41.1 Å². The largest absolute Gasteiger partial charge is 0.463 e. The standard InChI is InChI=1S/C27H34N2O10S/c1-7-40-20-10-8-19(9-11-20)12-21-14(2)28-29-26(21)39-27-25(37-18(6)33)24(36-17(5)32)23(35-16(4)31)22(38-27)13-34-15(3)30/h8-11,22-25,27H,7,12-13H2,1-6H3,(H,28,29)/t22-,23-,24+,25-,27+/m1/s1. The Balaban J connectivity index is 1.96. The summed E-state index contributed by atoms with van der Waals surface area (Å²) in [7, 11) is 0. The van der Waals surface area contributed by atoms with Crippen molar-refractivity contribution in [2.45, 2.75) is 83.6 Å². The van der Waals surface area contributed by atoms with E-state index in [1.54, 1.807) is 11.8 Å². The molecule has 0 saturated carbocycles. The highest BCUT2D eigenvalue weighted by Gasteiger charge is 2.53. The Labute approximate surface area is 236 Å². The van der Waals surface area contributed by atoms with Crippen LogP contribution in [0.4, 0.5) is 0 Å². The van der Waals surface area contributed by atoms with Crippen molar-refractivity contribution in [2.75, 3.05) is 12.4 Å². The highest BCUT2D eigenvalue weighted by atomic mass is 32.2. The van der Waals surface area contributed by atoms with E-state index in [-0.39, 0.29) is 12.5 Å². The van der Waals surface area contributed by atoms with Crippen molar-refractivity contribution in [1.82, 2.24) is 10.2 Å². The molecule has 1 aliphatic heterocycles. The number of ether oxygens (including phenoxy) is 6. The van der Waals surface area contributed by atoms with Gasteiger partial charge in [-0.25, -0.2) is 0 Å². The van der Waals surface area contributed by atoms with Crippen LogP contribution in [0.25, 0.3) is 0 Å². The molecule has 1 aromatic heterocycles. The zero-order chi connectivity index (χ0) is 29.4. The van der Waals surface area contributed by atoms with Crippen LogP contribution in [0.15, 0.2) is 29.2 Å². The van der Waals surface area contributed by atoms with Crippen LogP contribution in [-0.4, -0.2) is 77.1 Å². The van der Waals surface area contributed by atoms with E-state index in [9.17, 15) is 19.2 Å². The van der Waals surface area contributed by atoms with E-state index in [1.807, 2.05) is 31.2 Å². The molecule has 5 atom stereocenters. The van der Waals surface area contributed by atoms with Gasteiger partial charge in [0.2, 0.25) is 18.3 Å². The van der Waals surface area contributed by atoms with Crippen LogP contribution >= 0.6 is 11.8 Å². The first kappa shape index (κ1) is 31.0. The number of aromatic nitrogens is 2. The molecule has 1 fully saturated rings. The Hall–Kier alpha value is -3.58. The lowest BCUT2D eigenvalue weighted by molar-refractivity contribution is -0.289. The summed E-state index contributed by atoms with van der Waals surface area (Å²) < 4.78 is 33.6. The fourth-order valence-corrected chi connectivity index (χ4v) is 4.87. The maximum absolute atomic E-state index is 12.1. The van der Waals surface area contributed by atoms with Crippen LogP contribution in [0.1, 0.15) is 51.4 Å². The minimum absolute atomic E-state index is 0.172. The third-order valence-corrected chi connectivity index (χ3v) is 6.72. The molecule has 0 aliphatic carbocycles. The van der Waals surface area contributed by atoms with Gasteiger partial charge in [-0.15, -0.1) is 16.9 Å². The molecule has 1 aromatic carbocycles. The van der Waals surface area contributed by atoms with Crippen LogP contribution in [0, 0.1) is 6.92 Å². The van der Waals surface area contributed by atoms with Crippen LogP contribution in [0.3, 0.4) is 0 Å². The van der Waals surface area contributed by atoms with Crippen molar-refractivity contribution in [2.24, 2.45) is 0 Å². The first-order valence-corrected chi connectivity index (χ1v) is 13.7. The number of nitrogens with zero attached hydrogens (tertiary/aromatic N) is 1. The molecule has 0 spiro atoms. The van der Waals surface area contributed by atoms with Crippen LogP contribution < -0.4 is 4.74 Å². The Morgan fingerprint density at radius 1 is 0.900 bits per heavy atom. The SMILES string of the molecule is CCSc1ccc(Cc2c(O[C@@H]3O[C@H](COC(C)=O)[C@@H](OC(C)=O)[C@H](OC(C)=O)[C@H]3OC(C)=O)n[nH]c2C)cc1. The van der Waals surface area contributed by atoms with E-state index >= 15 is 0 Å². The van der Waals surface area contributed by atoms with E-state index in [0.29, 0.717) is 6.42 Å². The highest BCUT2D eigenvalue weighted by Crippen LogP contribution is 2.32. The zero-order valence-electron chi connectivity index (χ0n) is 23.3. The number of thioether (sulfide) groups is 1. The smallest absolute Gasteiger partial charge is 0.303 e. The summed E-state index contributed by atoms with van der Waals surface area (Å²) in [5.41, 5.74) is 2.48. The predicted octanol–water partition coefficient (Wildman–Crippen LogP) is 2.88. The number of carbonyl (C=O) groups is 4. The first-order chi connectivity index (χ1) is 19.0. The number of esters is 4. The van der Waals surface area contributed by atoms with Gasteiger partial charge in [0.15, 0.2) is 12.2 Å². The minimum atomic E-state index is -1.37. The molecule has 1 saturated heterocycles. The van der Waals surface area contributed by atoms with Crippen molar-refractivity contribution in [1.29, 1.82) is 0 Å². The normalized spacial score (nSPS) is 22.2. The van der Waals surface area contributed by atoms with Crippen molar-refractivity contribution < 1.29 is 47.6 Å². The van der Waals surface area contributed by atoms with Gasteiger partial charge in [0, 0.05) is 50.3 Å². The molecule has 13 heteroatoms. The maximum atomic E-state index is 12.1. The van der Waals surface area contributed by atoms with E-state index < -0.39 is 54.6 Å². The Morgan fingerprint density at radius 3 is 2.08 bits per heavy atom. The second-order valence-corrected chi connectivity index (χ2v) is 10.4. The van der Waals surface area contributed by atoms with Gasteiger partial charge in [-0.2, -0.15) is 0 Å². The Bertz CT molecular complexity index is 1200. The van der Waals surface area contributed by atoms with Crippen molar-refractivity contribution in [3.63, 3.8) is 0 Å². The number of benzene rings is 1. The average molecular weight is 579 g/mol. The number of nitrogens with one attached hydrogen (secondary N) is 1. The number of aryl methyl sites for hydroxylation is 1. The van der Waals surface area contributed by atoms with Gasteiger partial charge >= 0.3 is 23.9 Å². The third kappa shape index (κ3) is 8.46. The first-order valence-electron chi connectivity index (χ1n) is 12.7. The van der Waals surface area contributed by atoms with Gasteiger partial charge < -0.3 is 28.4 Å². The molecule has 0 radical (unpaired) electrons. The number of aromatic amines is 1. The number of carbonyl (C=O) groups excluding carboxylic acids is 4. The quantitative estimate of drug-likeness (QED) is 0.237. The summed E-state index contributed by atoms with van der Waals surface area (Å²) in [5.74, 6) is -1.63. The fraction of sp³-hybridized carbons (Fsp3) is 0.519. The molecule has 40 heavy (non-hydrogen) atoms. The lowest BCUT2D eigenvalue weighted by Gasteiger charge is -2.43. The molecule has 0 bridgehead atoms. The second kappa shape index (κ2) is 14.2. The fourth-order valence-electron chi connectivity index (χ4n) is 4.20. The number of hydrogen-bond donors (Lipinski definition) is 1. The highest BCUT2D eigenvalue weighted by molar-refractivity contribution is 7.99. The monoisotopic (exact) mass is 578 g/mol. The topological polar surface area (TPSA) is 152 Å². The molecule has 0 amide bonds. The summed E-state index contributed by atoms with van der Waals surface area (Å²) in [6, 6.07) is 8.11. The predicted molar refractivity (Wildman–Crippen MR) is 142 cm³/mol. The van der Waals surface area contributed by atoms with Gasteiger partial charge in [-0.3, -0.25) is 24.3 Å². The molecule has 2 heterocycles. The second-order valence-electron chi connectivity index (χ2n) is 9.07. The maximum Gasteiger partial charge on any atom is 0.303 e. The zero-order valence-corrected chi connectivity index (χ0v) is 24.1. The lowest BCUT2D eigenvalue weighted by atomic mass is 9.98. The van der Waals surface area contributed by atoms with E-state index in [0.717, 1.165) is 48.2 Å². The summed E-state index contributed by atoms with van der Waals surface area (Å²) in [6.07, 6.45) is -5.98. The number of H-pyrrole nitrogens is 1. The van der Waals surface area contributed by atoms with Crippen LogP contribution in [-0.2, 0) is 49.3 Å². The molecular weight excluding hydrogens is 544 g/mol. The van der Waals surface area contributed by atoms with E-state index in [4.69, 9.17) is 28.4 Å². The van der Waals surface area contributed by atoms with Gasteiger partial charge in [0.05, 0.1) is 0 Å². The molecule has 218 valence electrons. The minimum Gasteiger partial charge on any atom is -0.463 e. The summed E-state index contributed by atoms with van der Waals surface area (Å²) in [4.78, 5) is 48.8. The van der Waals surface area contributed by atoms with E-state index in [1.165, 1.54) is 6.92 Å². The summed E-state index contributed by atoms with van der Waals surface area (Å²) in [6.45, 7) is 8.25. The van der Waals surface area contributed by atoms with Crippen LogP contribution in [0.5, 0.6) is 5.88 Å². The molecule has 12 nitrogen and oxygen atoms in total. The Kier molecular flexibility index (Phi) is 11.0. The Morgan fingerprint density at radius 2 is 1.50 bits per heavy atom. The molecule has 1 N–H and O–H groups in total. The lowest BCUT2D eigenvalue weighted by Crippen LogP contribution is -2.63. The summed E-state index contributed by atoms with van der Waals surface area (Å²) in [5, 5.41) is 7.17. The number of rotatable bonds is 11. The molecule has 1 aliphatic rings. The number of hydrogen-bond acceptors (Lipinski definition) is 12. The van der Waals surface area contributed by atoms with Gasteiger partial charge in [-0.1, -0.05) is 19.1 Å². The van der Waals surface area contributed by atoms with Gasteiger partial charge in [0.1, 0.15) is 12.7 Å². The van der Waals surface area contributed by atoms with Gasteiger partial charge in [0.25, 0.3) is 0 Å². The molecule has 3 rings (SSSR count). The van der Waals surface area contributed by atoms with Crippen molar-refractivity contribution >= 4 is 35.6 Å².